The molecule has 0 atom stereocenters. The van der Waals surface area contributed by atoms with Gasteiger partial charge in [0.15, 0.2) is 5.65 Å². The zero-order valence-corrected chi connectivity index (χ0v) is 13.7. The fourth-order valence-electron chi connectivity index (χ4n) is 3.46. The number of hydrogen-bond donors (Lipinski definition) is 0. The summed E-state index contributed by atoms with van der Waals surface area (Å²) in [6.45, 7) is 0. The predicted molar refractivity (Wildman–Crippen MR) is 90.5 cm³/mol. The van der Waals surface area contributed by atoms with Gasteiger partial charge in [-0.25, -0.2) is 9.50 Å². The largest absolute Gasteiger partial charge is 0.355 e. The Bertz CT molecular complexity index is 811. The third-order valence-corrected chi connectivity index (χ3v) is 4.83. The van der Waals surface area contributed by atoms with E-state index in [1.54, 1.807) is 4.68 Å². The van der Waals surface area contributed by atoms with Crippen molar-refractivity contribution in [2.24, 2.45) is 7.05 Å². The number of imidazole rings is 1. The molecule has 0 unspecified atom stereocenters. The van der Waals surface area contributed by atoms with Crippen LogP contribution in [0.2, 0.25) is 0 Å². The number of fused-ring (bicyclic) bond motifs is 1. The normalized spacial score (nSPS) is 16.1. The van der Waals surface area contributed by atoms with Gasteiger partial charge in [-0.1, -0.05) is 19.3 Å². The van der Waals surface area contributed by atoms with E-state index < -0.39 is 0 Å². The topological polar surface area (TPSA) is 51.2 Å². The highest BCUT2D eigenvalue weighted by Gasteiger charge is 2.20. The first-order valence-electron chi connectivity index (χ1n) is 8.29. The molecule has 1 aliphatic rings. The Balaban J connectivity index is 1.71. The van der Waals surface area contributed by atoms with Gasteiger partial charge in [0.1, 0.15) is 5.82 Å². The van der Waals surface area contributed by atoms with E-state index in [1.165, 1.54) is 32.1 Å². The number of rotatable bonds is 3. The van der Waals surface area contributed by atoms with E-state index >= 15 is 0 Å². The Labute approximate surface area is 135 Å². The van der Waals surface area contributed by atoms with Crippen molar-refractivity contribution in [3.63, 3.8) is 0 Å². The fraction of sp³-hybridized carbons (Fsp3) is 0.471. The highest BCUT2D eigenvalue weighted by Crippen LogP contribution is 2.26. The van der Waals surface area contributed by atoms with E-state index in [0.717, 1.165) is 22.7 Å². The number of aryl methyl sites for hydroxylation is 1. The van der Waals surface area contributed by atoms with Gasteiger partial charge in [0.05, 0.1) is 18.1 Å². The lowest BCUT2D eigenvalue weighted by Gasteiger charge is -2.31. The zero-order valence-electron chi connectivity index (χ0n) is 13.7. The van der Waals surface area contributed by atoms with Gasteiger partial charge < -0.3 is 4.90 Å². The molecule has 1 saturated carbocycles. The van der Waals surface area contributed by atoms with E-state index in [2.05, 4.69) is 28.1 Å². The highest BCUT2D eigenvalue weighted by atomic mass is 15.3. The number of aromatic nitrogens is 5. The summed E-state index contributed by atoms with van der Waals surface area (Å²) >= 11 is 0. The maximum absolute atomic E-state index is 4.84. The molecule has 6 nitrogen and oxygen atoms in total. The average Bonchev–Trinajstić information content (AvgIpc) is 3.20. The minimum Gasteiger partial charge on any atom is -0.355 e. The monoisotopic (exact) mass is 310 g/mol. The van der Waals surface area contributed by atoms with Crippen LogP contribution in [0.15, 0.2) is 30.7 Å². The van der Waals surface area contributed by atoms with E-state index in [0.29, 0.717) is 6.04 Å². The molecule has 3 aromatic rings. The quantitative estimate of drug-likeness (QED) is 0.746. The van der Waals surface area contributed by atoms with E-state index in [-0.39, 0.29) is 0 Å². The molecule has 0 spiro atoms. The van der Waals surface area contributed by atoms with Crippen molar-refractivity contribution in [2.75, 3.05) is 11.9 Å². The van der Waals surface area contributed by atoms with Crippen LogP contribution < -0.4 is 4.90 Å². The second-order valence-corrected chi connectivity index (χ2v) is 6.41. The molecule has 0 aliphatic heterocycles. The molecule has 0 saturated heterocycles. The summed E-state index contributed by atoms with van der Waals surface area (Å²) < 4.78 is 3.72. The molecule has 1 aliphatic carbocycles. The minimum absolute atomic E-state index is 0.596. The molecule has 23 heavy (non-hydrogen) atoms. The van der Waals surface area contributed by atoms with Crippen LogP contribution >= 0.6 is 0 Å². The maximum Gasteiger partial charge on any atom is 0.154 e. The Morgan fingerprint density at radius 3 is 2.70 bits per heavy atom. The third-order valence-electron chi connectivity index (χ3n) is 4.83. The van der Waals surface area contributed by atoms with Gasteiger partial charge >= 0.3 is 0 Å². The minimum atomic E-state index is 0.596. The lowest BCUT2D eigenvalue weighted by atomic mass is 9.94. The van der Waals surface area contributed by atoms with Gasteiger partial charge in [-0.15, -0.1) is 5.10 Å². The van der Waals surface area contributed by atoms with Gasteiger partial charge in [0.2, 0.25) is 0 Å². The molecule has 1 fully saturated rings. The van der Waals surface area contributed by atoms with Crippen molar-refractivity contribution < 1.29 is 0 Å². The van der Waals surface area contributed by atoms with Crippen molar-refractivity contribution in [3.8, 4) is 11.3 Å². The highest BCUT2D eigenvalue weighted by molar-refractivity contribution is 5.62. The van der Waals surface area contributed by atoms with E-state index in [4.69, 9.17) is 5.10 Å². The fourth-order valence-corrected chi connectivity index (χ4v) is 3.46. The lowest BCUT2D eigenvalue weighted by Crippen LogP contribution is -2.34. The molecule has 0 radical (unpaired) electrons. The summed E-state index contributed by atoms with van der Waals surface area (Å²) in [4.78, 5) is 6.79. The van der Waals surface area contributed by atoms with Gasteiger partial charge in [-0.05, 0) is 25.0 Å². The predicted octanol–water partition coefficient (Wildman–Crippen LogP) is 2.90. The Kier molecular flexibility index (Phi) is 3.52. The summed E-state index contributed by atoms with van der Waals surface area (Å²) in [7, 11) is 4.08. The van der Waals surface area contributed by atoms with Crippen LogP contribution in [-0.4, -0.2) is 37.5 Å². The Hall–Kier alpha value is -2.37. The molecule has 6 heteroatoms. The second-order valence-electron chi connectivity index (χ2n) is 6.41. The molecule has 0 N–H and O–H groups in total. The molecular formula is C17H22N6. The van der Waals surface area contributed by atoms with E-state index in [1.807, 2.05) is 36.2 Å². The Morgan fingerprint density at radius 1 is 1.13 bits per heavy atom. The maximum atomic E-state index is 4.84. The van der Waals surface area contributed by atoms with Gasteiger partial charge in [-0.3, -0.25) is 4.68 Å². The molecule has 0 bridgehead atoms. The van der Waals surface area contributed by atoms with E-state index in [9.17, 15) is 0 Å². The number of anilines is 1. The molecule has 0 amide bonds. The first-order chi connectivity index (χ1) is 11.2. The van der Waals surface area contributed by atoms with Crippen LogP contribution in [0, 0.1) is 0 Å². The van der Waals surface area contributed by atoms with Crippen LogP contribution in [-0.2, 0) is 7.05 Å². The van der Waals surface area contributed by atoms with Crippen molar-refractivity contribution in [3.05, 3.63) is 30.7 Å². The molecule has 0 aromatic carbocycles. The molecule has 3 aromatic heterocycles. The summed E-state index contributed by atoms with van der Waals surface area (Å²) in [5.41, 5.74) is 2.88. The van der Waals surface area contributed by atoms with Crippen molar-refractivity contribution in [1.29, 1.82) is 0 Å². The second kappa shape index (κ2) is 5.68. The number of nitrogens with zero attached hydrogens (tertiary/aromatic N) is 6. The van der Waals surface area contributed by atoms with Gasteiger partial charge in [-0.2, -0.15) is 5.10 Å². The first kappa shape index (κ1) is 14.2. The van der Waals surface area contributed by atoms with Gasteiger partial charge in [0.25, 0.3) is 0 Å². The van der Waals surface area contributed by atoms with Crippen molar-refractivity contribution >= 4 is 11.5 Å². The summed E-state index contributed by atoms with van der Waals surface area (Å²) in [6, 6.07) is 4.71. The lowest BCUT2D eigenvalue weighted by molar-refractivity contribution is 0.425. The molecule has 120 valence electrons. The van der Waals surface area contributed by atoms with Crippen molar-refractivity contribution in [1.82, 2.24) is 24.4 Å². The summed E-state index contributed by atoms with van der Waals surface area (Å²) in [5, 5.41) is 9.09. The standard InChI is InChI=1S/C17H22N6/c1-21-12-13(10-19-21)15-11-18-16-8-9-17(20-23(15)16)22(2)14-6-4-3-5-7-14/h8-12,14H,3-7H2,1-2H3. The summed E-state index contributed by atoms with van der Waals surface area (Å²) in [5.74, 6) is 1.01. The molecular weight excluding hydrogens is 288 g/mol. The zero-order chi connectivity index (χ0) is 15.8. The van der Waals surface area contributed by atoms with Crippen LogP contribution in [0.5, 0.6) is 0 Å². The number of hydrogen-bond acceptors (Lipinski definition) is 4. The Morgan fingerprint density at radius 2 is 1.96 bits per heavy atom. The van der Waals surface area contributed by atoms with Gasteiger partial charge in [0, 0.05) is 31.9 Å². The van der Waals surface area contributed by atoms with Crippen LogP contribution in [0.3, 0.4) is 0 Å². The van der Waals surface area contributed by atoms with Crippen molar-refractivity contribution in [2.45, 2.75) is 38.1 Å². The third kappa shape index (κ3) is 2.58. The molecule has 3 heterocycles. The van der Waals surface area contributed by atoms with Crippen LogP contribution in [0.25, 0.3) is 16.9 Å². The summed E-state index contributed by atoms with van der Waals surface area (Å²) in [6.07, 6.45) is 12.2. The van der Waals surface area contributed by atoms with Crippen LogP contribution in [0.4, 0.5) is 5.82 Å². The SMILES string of the molecule is CN(c1ccc2ncc(-c3cnn(C)c3)n2n1)C1CCCCC1. The van der Waals surface area contributed by atoms with Crippen LogP contribution in [0.1, 0.15) is 32.1 Å². The smallest absolute Gasteiger partial charge is 0.154 e. The molecule has 4 rings (SSSR count). The average molecular weight is 310 g/mol. The first-order valence-corrected chi connectivity index (χ1v) is 8.29.